The van der Waals surface area contributed by atoms with Gasteiger partial charge >= 0.3 is 6.03 Å². The molecule has 0 spiro atoms. The van der Waals surface area contributed by atoms with Crippen LogP contribution in [0.25, 0.3) is 0 Å². The van der Waals surface area contributed by atoms with Gasteiger partial charge in [0.1, 0.15) is 0 Å². The zero-order valence-corrected chi connectivity index (χ0v) is 9.00. The van der Waals surface area contributed by atoms with Crippen LogP contribution in [0, 0.1) is 13.8 Å². The van der Waals surface area contributed by atoms with E-state index in [4.69, 9.17) is 0 Å². The Hall–Kier alpha value is -1.58. The summed E-state index contributed by atoms with van der Waals surface area (Å²) in [5.41, 5.74) is 2.58. The third-order valence-electron chi connectivity index (χ3n) is 2.39. The molecular weight excluding hydrogens is 190 g/mol. The number of urea groups is 1. The highest BCUT2D eigenvalue weighted by Crippen LogP contribution is 2.19. The molecule has 4 nitrogen and oxygen atoms in total. The number of nitrogens with zero attached hydrogens (tertiary/aromatic N) is 1. The molecule has 1 saturated carbocycles. The highest BCUT2D eigenvalue weighted by molar-refractivity contribution is 5.90. The minimum atomic E-state index is -0.133. The van der Waals surface area contributed by atoms with Crippen molar-refractivity contribution in [1.82, 2.24) is 10.3 Å². The molecule has 2 rings (SSSR count). The Morgan fingerprint density at radius 2 is 2.13 bits per heavy atom. The lowest BCUT2D eigenvalue weighted by Gasteiger charge is -2.08. The molecule has 1 heterocycles. The van der Waals surface area contributed by atoms with Crippen LogP contribution < -0.4 is 10.6 Å². The molecule has 4 heteroatoms. The average molecular weight is 205 g/mol. The number of anilines is 1. The first-order chi connectivity index (χ1) is 7.15. The normalized spacial score (nSPS) is 14.8. The largest absolute Gasteiger partial charge is 0.335 e. The van der Waals surface area contributed by atoms with E-state index in [1.54, 1.807) is 0 Å². The Balaban J connectivity index is 1.99. The molecule has 80 valence electrons. The molecule has 0 bridgehead atoms. The predicted octanol–water partition coefficient (Wildman–Crippen LogP) is 1.98. The molecule has 0 unspecified atom stereocenters. The van der Waals surface area contributed by atoms with Crippen molar-refractivity contribution in [3.8, 4) is 0 Å². The smallest absolute Gasteiger partial charge is 0.319 e. The summed E-state index contributed by atoms with van der Waals surface area (Å²) in [7, 11) is 0. The Kier molecular flexibility index (Phi) is 2.58. The lowest BCUT2D eigenvalue weighted by atomic mass is 10.3. The van der Waals surface area contributed by atoms with Crippen LogP contribution in [-0.4, -0.2) is 17.1 Å². The highest BCUT2D eigenvalue weighted by Gasteiger charge is 2.23. The molecule has 0 atom stereocenters. The number of hydrogen-bond acceptors (Lipinski definition) is 2. The lowest BCUT2D eigenvalue weighted by Crippen LogP contribution is -2.30. The van der Waals surface area contributed by atoms with E-state index < -0.39 is 0 Å². The van der Waals surface area contributed by atoms with Gasteiger partial charge in [0.2, 0.25) is 0 Å². The van der Waals surface area contributed by atoms with Crippen LogP contribution in [0.2, 0.25) is 0 Å². The van der Waals surface area contributed by atoms with Crippen molar-refractivity contribution in [2.75, 3.05) is 5.32 Å². The maximum absolute atomic E-state index is 11.5. The molecule has 0 radical (unpaired) electrons. The van der Waals surface area contributed by atoms with Gasteiger partial charge in [0.15, 0.2) is 0 Å². The van der Waals surface area contributed by atoms with Gasteiger partial charge in [-0.3, -0.25) is 4.98 Å². The van der Waals surface area contributed by atoms with Crippen molar-refractivity contribution < 1.29 is 4.79 Å². The van der Waals surface area contributed by atoms with E-state index in [-0.39, 0.29) is 6.03 Å². The van der Waals surface area contributed by atoms with E-state index in [0.29, 0.717) is 6.04 Å². The van der Waals surface area contributed by atoms with Gasteiger partial charge in [0.25, 0.3) is 0 Å². The second kappa shape index (κ2) is 3.88. The summed E-state index contributed by atoms with van der Waals surface area (Å²) in [6, 6.07) is 4.01. The predicted molar refractivity (Wildman–Crippen MR) is 58.9 cm³/mol. The van der Waals surface area contributed by atoms with Gasteiger partial charge in [0.05, 0.1) is 11.4 Å². The summed E-state index contributed by atoms with van der Waals surface area (Å²) in [6.07, 6.45) is 2.19. The fraction of sp³-hybridized carbons (Fsp3) is 0.455. The SMILES string of the molecule is Cc1ccc(NC(=O)NC2CC2)c(C)n1. The van der Waals surface area contributed by atoms with E-state index in [2.05, 4.69) is 15.6 Å². The molecule has 2 amide bonds. The molecular formula is C11H15N3O. The van der Waals surface area contributed by atoms with Crippen molar-refractivity contribution in [1.29, 1.82) is 0 Å². The number of hydrogen-bond donors (Lipinski definition) is 2. The summed E-state index contributed by atoms with van der Waals surface area (Å²) >= 11 is 0. The van der Waals surface area contributed by atoms with Crippen LogP contribution in [0.1, 0.15) is 24.2 Å². The van der Waals surface area contributed by atoms with Gasteiger partial charge in [-0.2, -0.15) is 0 Å². The van der Waals surface area contributed by atoms with Crippen LogP contribution in [-0.2, 0) is 0 Å². The quantitative estimate of drug-likeness (QED) is 0.775. The number of carbonyl (C=O) groups excluding carboxylic acids is 1. The van der Waals surface area contributed by atoms with E-state index in [1.807, 2.05) is 26.0 Å². The van der Waals surface area contributed by atoms with Crippen molar-refractivity contribution in [2.45, 2.75) is 32.7 Å². The molecule has 15 heavy (non-hydrogen) atoms. The molecule has 1 fully saturated rings. The van der Waals surface area contributed by atoms with Gasteiger partial charge in [-0.25, -0.2) is 4.79 Å². The summed E-state index contributed by atoms with van der Waals surface area (Å²) in [6.45, 7) is 3.82. The number of aromatic nitrogens is 1. The Bertz CT molecular complexity index is 385. The van der Waals surface area contributed by atoms with E-state index in [9.17, 15) is 4.79 Å². The van der Waals surface area contributed by atoms with E-state index in [0.717, 1.165) is 29.9 Å². The monoisotopic (exact) mass is 205 g/mol. The Morgan fingerprint density at radius 3 is 2.73 bits per heavy atom. The van der Waals surface area contributed by atoms with Crippen molar-refractivity contribution >= 4 is 11.7 Å². The molecule has 0 saturated heterocycles. The standard InChI is InChI=1S/C11H15N3O/c1-7-3-6-10(8(2)12-7)14-11(15)13-9-4-5-9/h3,6,9H,4-5H2,1-2H3,(H2,13,14,15). The maximum atomic E-state index is 11.5. The van der Waals surface area contributed by atoms with Crippen molar-refractivity contribution in [2.24, 2.45) is 0 Å². The molecule has 1 aliphatic carbocycles. The van der Waals surface area contributed by atoms with Gasteiger partial charge in [-0.05, 0) is 38.8 Å². The summed E-state index contributed by atoms with van der Waals surface area (Å²) in [5, 5.41) is 5.66. The van der Waals surface area contributed by atoms with E-state index in [1.165, 1.54) is 0 Å². The van der Waals surface area contributed by atoms with Gasteiger partial charge in [0, 0.05) is 11.7 Å². The third-order valence-corrected chi connectivity index (χ3v) is 2.39. The topological polar surface area (TPSA) is 54.0 Å². The van der Waals surface area contributed by atoms with Gasteiger partial charge in [-0.15, -0.1) is 0 Å². The number of carbonyl (C=O) groups is 1. The van der Waals surface area contributed by atoms with Crippen LogP contribution >= 0.6 is 0 Å². The summed E-state index contributed by atoms with van der Waals surface area (Å²) in [4.78, 5) is 15.7. The van der Waals surface area contributed by atoms with Crippen molar-refractivity contribution in [3.05, 3.63) is 23.5 Å². The average Bonchev–Trinajstić information content (AvgIpc) is 2.94. The number of aryl methyl sites for hydroxylation is 2. The highest BCUT2D eigenvalue weighted by atomic mass is 16.2. The number of nitrogens with one attached hydrogen (secondary N) is 2. The number of pyridine rings is 1. The first-order valence-corrected chi connectivity index (χ1v) is 5.17. The Morgan fingerprint density at radius 1 is 1.40 bits per heavy atom. The minimum absolute atomic E-state index is 0.133. The van der Waals surface area contributed by atoms with Crippen LogP contribution in [0.15, 0.2) is 12.1 Å². The summed E-state index contributed by atoms with van der Waals surface area (Å²) < 4.78 is 0. The molecule has 1 aliphatic rings. The fourth-order valence-electron chi connectivity index (χ4n) is 1.39. The first kappa shape index (κ1) is 9.96. The van der Waals surface area contributed by atoms with E-state index >= 15 is 0 Å². The molecule has 1 aromatic heterocycles. The molecule has 1 aromatic rings. The van der Waals surface area contributed by atoms with Crippen LogP contribution in [0.4, 0.5) is 10.5 Å². The minimum Gasteiger partial charge on any atom is -0.335 e. The first-order valence-electron chi connectivity index (χ1n) is 5.17. The number of amides is 2. The zero-order chi connectivity index (χ0) is 10.8. The third kappa shape index (κ3) is 2.68. The Labute approximate surface area is 89.1 Å². The molecule has 0 aromatic carbocycles. The van der Waals surface area contributed by atoms with Gasteiger partial charge in [-0.1, -0.05) is 0 Å². The van der Waals surface area contributed by atoms with Crippen LogP contribution in [0.5, 0.6) is 0 Å². The number of rotatable bonds is 2. The fourth-order valence-corrected chi connectivity index (χ4v) is 1.39. The molecule has 0 aliphatic heterocycles. The van der Waals surface area contributed by atoms with Crippen molar-refractivity contribution in [3.63, 3.8) is 0 Å². The molecule has 2 N–H and O–H groups in total. The lowest BCUT2D eigenvalue weighted by molar-refractivity contribution is 0.251. The summed E-state index contributed by atoms with van der Waals surface area (Å²) in [5.74, 6) is 0. The zero-order valence-electron chi connectivity index (χ0n) is 9.00. The van der Waals surface area contributed by atoms with Crippen LogP contribution in [0.3, 0.4) is 0 Å². The maximum Gasteiger partial charge on any atom is 0.319 e. The second-order valence-electron chi connectivity index (χ2n) is 3.96. The van der Waals surface area contributed by atoms with Gasteiger partial charge < -0.3 is 10.6 Å². The second-order valence-corrected chi connectivity index (χ2v) is 3.96.